The van der Waals surface area contributed by atoms with Crippen LogP contribution in [0.3, 0.4) is 0 Å². The molecule has 4 aromatic rings. The molecule has 344 valence electrons. The van der Waals surface area contributed by atoms with Crippen molar-refractivity contribution < 1.29 is 33.4 Å². The number of benzene rings is 1. The zero-order valence-electron chi connectivity index (χ0n) is 38.6. The van der Waals surface area contributed by atoms with E-state index in [9.17, 15) is 24.0 Å². The van der Waals surface area contributed by atoms with Crippen LogP contribution in [-0.4, -0.2) is 123 Å². The summed E-state index contributed by atoms with van der Waals surface area (Å²) in [5.41, 5.74) is 9.44. The Morgan fingerprint density at radius 1 is 1.11 bits per heavy atom. The van der Waals surface area contributed by atoms with Crippen LogP contribution in [-0.2, 0) is 53.0 Å². The summed E-state index contributed by atoms with van der Waals surface area (Å²) < 4.78 is 15.1. The van der Waals surface area contributed by atoms with Gasteiger partial charge in [0, 0.05) is 86.7 Å². The van der Waals surface area contributed by atoms with E-state index >= 15 is 0 Å². The standard InChI is InChI=1S/C48H65N9O7/c1-10-41(59)54-22-18-34(26-54)46(61)53(8)43(31(3)4)45(60)52-39(47(62)57-21-13-12-20-50-57)28-55-27-35(25-51-55)33-16-17-40-37(23-33)38(24-48(6,7)29-64-30-58)44(56(40)11-2)36-15-14-19-49-42(36)32(5)63-9/h10,14-17,19,23,25,27,30-32,34,39,43,50H,1,11-13,18,20-22,24,26,28-29H2,2-9H3,(H,52,60)/t32-,34-,39-,43-/m0/s1. The van der Waals surface area contributed by atoms with Crippen LogP contribution in [0.25, 0.3) is 33.3 Å². The Hall–Kier alpha value is -5.87. The number of aromatic nitrogens is 4. The van der Waals surface area contributed by atoms with Crippen LogP contribution in [0.1, 0.15) is 78.2 Å². The van der Waals surface area contributed by atoms with Crippen molar-refractivity contribution in [1.82, 2.24) is 44.9 Å². The number of fused-ring (bicyclic) bond motifs is 1. The van der Waals surface area contributed by atoms with Crippen LogP contribution < -0.4 is 10.7 Å². The number of carbonyl (C=O) groups is 5. The van der Waals surface area contributed by atoms with Gasteiger partial charge in [-0.25, -0.2) is 5.43 Å². The van der Waals surface area contributed by atoms with E-state index in [4.69, 9.17) is 19.6 Å². The van der Waals surface area contributed by atoms with Crippen molar-refractivity contribution in [2.45, 2.75) is 98.5 Å². The van der Waals surface area contributed by atoms with Crippen LogP contribution in [0.5, 0.6) is 0 Å². The first-order chi connectivity index (χ1) is 30.6. The third-order valence-corrected chi connectivity index (χ3v) is 12.5. The highest BCUT2D eigenvalue weighted by molar-refractivity contribution is 5.96. The molecule has 5 heterocycles. The Balaban J connectivity index is 1.33. The topological polar surface area (TPSA) is 173 Å². The quantitative estimate of drug-likeness (QED) is 0.0947. The highest BCUT2D eigenvalue weighted by Crippen LogP contribution is 2.41. The molecule has 0 unspecified atom stereocenters. The van der Waals surface area contributed by atoms with E-state index in [2.05, 4.69) is 66.9 Å². The molecular weight excluding hydrogens is 815 g/mol. The number of amides is 4. The molecule has 2 N–H and O–H groups in total. The summed E-state index contributed by atoms with van der Waals surface area (Å²) in [5.74, 6) is -1.92. The lowest BCUT2D eigenvalue weighted by Crippen LogP contribution is -2.60. The van der Waals surface area contributed by atoms with Crippen LogP contribution in [0.4, 0.5) is 0 Å². The molecule has 2 aliphatic heterocycles. The lowest BCUT2D eigenvalue weighted by Gasteiger charge is -2.35. The van der Waals surface area contributed by atoms with Gasteiger partial charge < -0.3 is 29.2 Å². The van der Waals surface area contributed by atoms with Gasteiger partial charge in [-0.15, -0.1) is 0 Å². The number of nitrogens with zero attached hydrogens (tertiary/aromatic N) is 7. The summed E-state index contributed by atoms with van der Waals surface area (Å²) in [6, 6.07) is 8.47. The molecule has 16 nitrogen and oxygen atoms in total. The molecule has 2 aliphatic rings. The molecule has 6 rings (SSSR count). The molecule has 0 saturated carbocycles. The van der Waals surface area contributed by atoms with E-state index in [0.717, 1.165) is 57.4 Å². The zero-order valence-corrected chi connectivity index (χ0v) is 38.6. The fourth-order valence-corrected chi connectivity index (χ4v) is 9.21. The summed E-state index contributed by atoms with van der Waals surface area (Å²) in [4.78, 5) is 73.7. The van der Waals surface area contributed by atoms with E-state index in [1.807, 2.05) is 33.0 Å². The summed E-state index contributed by atoms with van der Waals surface area (Å²) >= 11 is 0. The van der Waals surface area contributed by atoms with Crippen molar-refractivity contribution >= 4 is 41.0 Å². The van der Waals surface area contributed by atoms with Gasteiger partial charge in [0.1, 0.15) is 12.1 Å². The zero-order chi connectivity index (χ0) is 46.3. The summed E-state index contributed by atoms with van der Waals surface area (Å²) in [6.45, 7) is 18.9. The van der Waals surface area contributed by atoms with E-state index < -0.39 is 29.3 Å². The van der Waals surface area contributed by atoms with Gasteiger partial charge in [0.2, 0.25) is 17.7 Å². The number of hydrazine groups is 1. The second-order valence-corrected chi connectivity index (χ2v) is 18.1. The normalized spacial score (nSPS) is 17.0. The smallest absolute Gasteiger partial charge is 0.293 e. The van der Waals surface area contributed by atoms with Crippen LogP contribution in [0.15, 0.2) is 61.6 Å². The molecule has 16 heteroatoms. The number of likely N-dealkylation sites (N-methyl/N-ethyl adjacent to an activating group) is 1. The minimum atomic E-state index is -1.00. The van der Waals surface area contributed by atoms with Gasteiger partial charge in [-0.3, -0.25) is 38.6 Å². The number of ether oxygens (including phenoxy) is 2. The van der Waals surface area contributed by atoms with Gasteiger partial charge in [0.05, 0.1) is 42.8 Å². The number of pyridine rings is 1. The maximum absolute atomic E-state index is 14.3. The molecule has 3 aromatic heterocycles. The summed E-state index contributed by atoms with van der Waals surface area (Å²) in [6.07, 6.45) is 9.24. The molecule has 0 spiro atoms. The average molecular weight is 880 g/mol. The Kier molecular flexibility index (Phi) is 15.4. The Morgan fingerprint density at radius 3 is 2.56 bits per heavy atom. The molecule has 0 aliphatic carbocycles. The van der Waals surface area contributed by atoms with Crippen molar-refractivity contribution in [2.75, 3.05) is 46.9 Å². The summed E-state index contributed by atoms with van der Waals surface area (Å²) in [5, 5.41) is 10.3. The van der Waals surface area contributed by atoms with E-state index in [0.29, 0.717) is 45.5 Å². The summed E-state index contributed by atoms with van der Waals surface area (Å²) in [7, 11) is 3.29. The molecule has 4 amide bonds. The Morgan fingerprint density at radius 2 is 1.89 bits per heavy atom. The highest BCUT2D eigenvalue weighted by atomic mass is 16.5. The number of rotatable bonds is 19. The number of hydrogen-bond donors (Lipinski definition) is 2. The van der Waals surface area contributed by atoms with Gasteiger partial charge in [-0.1, -0.05) is 40.3 Å². The third-order valence-electron chi connectivity index (χ3n) is 12.5. The number of nitrogens with one attached hydrogen (secondary N) is 2. The maximum atomic E-state index is 14.3. The predicted octanol–water partition coefficient (Wildman–Crippen LogP) is 5.17. The largest absolute Gasteiger partial charge is 0.467 e. The number of hydrogen-bond acceptors (Lipinski definition) is 10. The predicted molar refractivity (Wildman–Crippen MR) is 244 cm³/mol. The number of aryl methyl sites for hydroxylation is 1. The monoisotopic (exact) mass is 880 g/mol. The maximum Gasteiger partial charge on any atom is 0.293 e. The van der Waals surface area contributed by atoms with Gasteiger partial charge in [0.15, 0.2) is 0 Å². The fourth-order valence-electron chi connectivity index (χ4n) is 9.21. The van der Waals surface area contributed by atoms with E-state index in [-0.39, 0.29) is 49.4 Å². The van der Waals surface area contributed by atoms with Crippen LogP contribution in [0.2, 0.25) is 0 Å². The molecule has 0 radical (unpaired) electrons. The lowest BCUT2D eigenvalue weighted by atomic mass is 9.84. The van der Waals surface area contributed by atoms with Crippen molar-refractivity contribution in [3.8, 4) is 22.4 Å². The van der Waals surface area contributed by atoms with Crippen molar-refractivity contribution in [1.29, 1.82) is 0 Å². The molecule has 2 fully saturated rings. The lowest BCUT2D eigenvalue weighted by molar-refractivity contribution is -0.146. The molecule has 2 saturated heterocycles. The first-order valence-corrected chi connectivity index (χ1v) is 22.4. The van der Waals surface area contributed by atoms with E-state index in [1.165, 1.54) is 11.0 Å². The van der Waals surface area contributed by atoms with E-state index in [1.54, 1.807) is 41.1 Å². The van der Waals surface area contributed by atoms with Gasteiger partial charge in [-0.2, -0.15) is 5.10 Å². The third kappa shape index (κ3) is 10.4. The Bertz CT molecular complexity index is 2330. The van der Waals surface area contributed by atoms with Crippen molar-refractivity contribution in [3.63, 3.8) is 0 Å². The molecule has 64 heavy (non-hydrogen) atoms. The van der Waals surface area contributed by atoms with Gasteiger partial charge >= 0.3 is 0 Å². The van der Waals surface area contributed by atoms with Crippen LogP contribution >= 0.6 is 0 Å². The SMILES string of the molecule is C=CC(=O)N1CC[C@H](C(=O)N(C)[C@H](C(=O)N[C@@H](Cn2cc(-c3ccc4c(c3)c(CC(C)(C)COC=O)c(-c3cccnc3[C@H](C)OC)n4CC)cn2)C(=O)N2CCCCN2)C(C)C)C1. The molecular formula is C48H65N9O7. The Labute approximate surface area is 376 Å². The number of likely N-dealkylation sites (tertiary alicyclic amines) is 1. The minimum Gasteiger partial charge on any atom is -0.467 e. The second kappa shape index (κ2) is 20.8. The molecule has 1 aromatic carbocycles. The second-order valence-electron chi connectivity index (χ2n) is 18.1. The van der Waals surface area contributed by atoms with Crippen molar-refractivity contribution in [2.24, 2.45) is 17.3 Å². The molecule has 4 atom stereocenters. The van der Waals surface area contributed by atoms with Gasteiger partial charge in [0.25, 0.3) is 12.4 Å². The highest BCUT2D eigenvalue weighted by Gasteiger charge is 2.39. The average Bonchev–Trinajstić information content (AvgIpc) is 4.05. The minimum absolute atomic E-state index is 0.0444. The number of carbonyl (C=O) groups excluding carboxylic acids is 5. The fraction of sp³-hybridized carbons (Fsp3) is 0.521. The van der Waals surface area contributed by atoms with Gasteiger partial charge in [-0.05, 0) is 86.9 Å². The first kappa shape index (κ1) is 47.6. The first-order valence-electron chi connectivity index (χ1n) is 22.4. The van der Waals surface area contributed by atoms with Crippen LogP contribution in [0, 0.1) is 17.3 Å². The van der Waals surface area contributed by atoms with Crippen molar-refractivity contribution in [3.05, 3.63) is 72.8 Å². The molecule has 0 bridgehead atoms. The number of methoxy groups -OCH3 is 1.